The molecule has 0 aliphatic heterocycles. The molecule has 200 valence electrons. The highest BCUT2D eigenvalue weighted by atomic mass is 79.9. The smallest absolute Gasteiger partial charge is 0.407 e. The first kappa shape index (κ1) is 29.5. The number of hydrogen-bond acceptors (Lipinski definition) is 4. The Hall–Kier alpha value is -1.71. The lowest BCUT2D eigenvalue weighted by molar-refractivity contribution is 0.0531. The molecule has 1 amide bonds. The second-order valence-corrected chi connectivity index (χ2v) is 12.5. The number of amides is 1. The summed E-state index contributed by atoms with van der Waals surface area (Å²) in [4.78, 5) is 25.5. The molecule has 1 saturated carbocycles. The van der Waals surface area contributed by atoms with Gasteiger partial charge < -0.3 is 10.1 Å². The molecule has 0 saturated heterocycles. The highest BCUT2D eigenvalue weighted by Crippen LogP contribution is 2.32. The van der Waals surface area contributed by atoms with Gasteiger partial charge in [0.1, 0.15) is 11.9 Å². The van der Waals surface area contributed by atoms with E-state index < -0.39 is 47.7 Å². The number of rotatable bonds is 7. The predicted molar refractivity (Wildman–Crippen MR) is 137 cm³/mol. The molecule has 35 heavy (non-hydrogen) atoms. The van der Waals surface area contributed by atoms with E-state index in [4.69, 9.17) is 4.74 Å². The third-order valence-electron chi connectivity index (χ3n) is 6.39. The SMILES string of the molecule is CC(C)(C)OC(=O)NCC(Cn1ncn(C(C)(C)CC2CCCCCC(Br)CCC2)c1=O)=C(F)F. The van der Waals surface area contributed by atoms with E-state index in [1.165, 1.54) is 32.0 Å². The summed E-state index contributed by atoms with van der Waals surface area (Å²) in [5.41, 5.74) is -2.07. The minimum atomic E-state index is -1.95. The maximum atomic E-state index is 13.6. The molecule has 1 heterocycles. The van der Waals surface area contributed by atoms with Crippen LogP contribution in [0.3, 0.4) is 0 Å². The number of alkyl carbamates (subject to hydrolysis) is 1. The number of aromatic nitrogens is 3. The molecule has 1 fully saturated rings. The van der Waals surface area contributed by atoms with Crippen molar-refractivity contribution in [2.75, 3.05) is 6.54 Å². The largest absolute Gasteiger partial charge is 0.444 e. The van der Waals surface area contributed by atoms with Crippen molar-refractivity contribution < 1.29 is 18.3 Å². The number of ether oxygens (including phenoxy) is 1. The number of carbonyl (C=O) groups excluding carboxylic acids is 1. The van der Waals surface area contributed by atoms with Crippen molar-refractivity contribution >= 4 is 22.0 Å². The van der Waals surface area contributed by atoms with Gasteiger partial charge in [-0.2, -0.15) is 13.9 Å². The lowest BCUT2D eigenvalue weighted by Crippen LogP contribution is -2.39. The van der Waals surface area contributed by atoms with Gasteiger partial charge in [0.25, 0.3) is 6.08 Å². The maximum absolute atomic E-state index is 13.6. The van der Waals surface area contributed by atoms with Crippen molar-refractivity contribution in [1.82, 2.24) is 19.7 Å². The molecule has 0 radical (unpaired) electrons. The molecule has 1 N–H and O–H groups in total. The van der Waals surface area contributed by atoms with Crippen LogP contribution in [0, 0.1) is 5.92 Å². The summed E-state index contributed by atoms with van der Waals surface area (Å²) in [5.74, 6) is 0.495. The number of nitrogens with zero attached hydrogens (tertiary/aromatic N) is 3. The fourth-order valence-electron chi connectivity index (χ4n) is 4.62. The van der Waals surface area contributed by atoms with Crippen LogP contribution in [0.25, 0.3) is 0 Å². The summed E-state index contributed by atoms with van der Waals surface area (Å²) in [6.07, 6.45) is 8.95. The topological polar surface area (TPSA) is 78.2 Å². The van der Waals surface area contributed by atoms with Crippen LogP contribution in [0.5, 0.6) is 0 Å². The van der Waals surface area contributed by atoms with E-state index in [9.17, 15) is 18.4 Å². The van der Waals surface area contributed by atoms with E-state index in [0.29, 0.717) is 10.7 Å². The number of carbonyl (C=O) groups is 1. The van der Waals surface area contributed by atoms with Gasteiger partial charge in [0, 0.05) is 22.5 Å². The molecule has 1 aromatic rings. The molecule has 1 aliphatic rings. The van der Waals surface area contributed by atoms with Gasteiger partial charge >= 0.3 is 11.8 Å². The molecule has 0 bridgehead atoms. The summed E-state index contributed by atoms with van der Waals surface area (Å²) >= 11 is 3.78. The molecular formula is C25H41BrF2N4O3. The molecule has 0 spiro atoms. The highest BCUT2D eigenvalue weighted by molar-refractivity contribution is 9.09. The molecule has 2 unspecified atom stereocenters. The van der Waals surface area contributed by atoms with Gasteiger partial charge in [-0.15, -0.1) is 0 Å². The van der Waals surface area contributed by atoms with Gasteiger partial charge in [-0.25, -0.2) is 14.3 Å². The second kappa shape index (κ2) is 13.0. The third kappa shape index (κ3) is 10.1. The maximum Gasteiger partial charge on any atom is 0.407 e. The minimum absolute atomic E-state index is 0.391. The molecule has 2 rings (SSSR count). The van der Waals surface area contributed by atoms with Crippen LogP contribution in [0.15, 0.2) is 22.8 Å². The average Bonchev–Trinajstić information content (AvgIpc) is 3.10. The number of alkyl halides is 1. The molecule has 2 atom stereocenters. The lowest BCUT2D eigenvalue weighted by Gasteiger charge is -2.31. The Kier molecular flexibility index (Phi) is 11.0. The predicted octanol–water partition coefficient (Wildman–Crippen LogP) is 6.36. The van der Waals surface area contributed by atoms with Gasteiger partial charge in [0.2, 0.25) is 0 Å². The Morgan fingerprint density at radius 3 is 2.40 bits per heavy atom. The Balaban J connectivity index is 2.07. The first-order chi connectivity index (χ1) is 16.3. The third-order valence-corrected chi connectivity index (χ3v) is 7.30. The fourth-order valence-corrected chi connectivity index (χ4v) is 5.27. The number of nitrogens with one attached hydrogen (secondary N) is 1. The average molecular weight is 564 g/mol. The van der Waals surface area contributed by atoms with Crippen molar-refractivity contribution in [2.45, 2.75) is 115 Å². The molecule has 1 aliphatic carbocycles. The summed E-state index contributed by atoms with van der Waals surface area (Å²) < 4.78 is 34.8. The first-order valence-corrected chi connectivity index (χ1v) is 13.5. The number of hydrogen-bond donors (Lipinski definition) is 1. The number of halogens is 3. The van der Waals surface area contributed by atoms with Crippen molar-refractivity contribution in [3.63, 3.8) is 0 Å². The van der Waals surface area contributed by atoms with Crippen LogP contribution >= 0.6 is 15.9 Å². The van der Waals surface area contributed by atoms with Crippen molar-refractivity contribution in [1.29, 1.82) is 0 Å². The van der Waals surface area contributed by atoms with E-state index >= 15 is 0 Å². The van der Waals surface area contributed by atoms with Crippen LogP contribution < -0.4 is 11.0 Å². The van der Waals surface area contributed by atoms with Crippen LogP contribution in [0.4, 0.5) is 13.6 Å². The molecule has 0 aromatic carbocycles. The monoisotopic (exact) mass is 562 g/mol. The Labute approximate surface area is 215 Å². The van der Waals surface area contributed by atoms with E-state index in [1.807, 2.05) is 13.8 Å². The molecule has 1 aromatic heterocycles. The second-order valence-electron chi connectivity index (χ2n) is 11.2. The summed E-state index contributed by atoms with van der Waals surface area (Å²) in [5, 5.41) is 6.43. The Morgan fingerprint density at radius 2 is 1.74 bits per heavy atom. The molecular weight excluding hydrogens is 522 g/mol. The zero-order valence-corrected chi connectivity index (χ0v) is 23.3. The van der Waals surface area contributed by atoms with Gasteiger partial charge in [0.15, 0.2) is 0 Å². The Morgan fingerprint density at radius 1 is 1.11 bits per heavy atom. The van der Waals surface area contributed by atoms with Crippen LogP contribution in [0.2, 0.25) is 0 Å². The van der Waals surface area contributed by atoms with Crippen LogP contribution in [-0.4, -0.2) is 37.4 Å². The zero-order valence-electron chi connectivity index (χ0n) is 21.7. The van der Waals surface area contributed by atoms with E-state index in [-0.39, 0.29) is 0 Å². The van der Waals surface area contributed by atoms with E-state index in [0.717, 1.165) is 36.8 Å². The van der Waals surface area contributed by atoms with Crippen molar-refractivity contribution in [2.24, 2.45) is 5.92 Å². The fraction of sp³-hybridized carbons (Fsp3) is 0.800. The van der Waals surface area contributed by atoms with Crippen LogP contribution in [0.1, 0.15) is 92.4 Å². The molecule has 7 nitrogen and oxygen atoms in total. The molecule has 10 heteroatoms. The van der Waals surface area contributed by atoms with Gasteiger partial charge in [-0.05, 0) is 59.8 Å². The van der Waals surface area contributed by atoms with E-state index in [2.05, 4.69) is 26.3 Å². The normalized spacial score (nSPS) is 20.2. The lowest BCUT2D eigenvalue weighted by atomic mass is 9.83. The summed E-state index contributed by atoms with van der Waals surface area (Å²) in [6.45, 7) is 8.22. The van der Waals surface area contributed by atoms with Crippen molar-refractivity contribution in [3.05, 3.63) is 28.5 Å². The quantitative estimate of drug-likeness (QED) is 0.392. The Bertz CT molecular complexity index is 917. The van der Waals surface area contributed by atoms with Crippen molar-refractivity contribution in [3.8, 4) is 0 Å². The summed E-state index contributed by atoms with van der Waals surface area (Å²) in [6, 6.07) is 0. The minimum Gasteiger partial charge on any atom is -0.444 e. The van der Waals surface area contributed by atoms with Gasteiger partial charge in [-0.1, -0.05) is 54.5 Å². The standard InChI is InChI=1S/C25H41BrF2N4O3/c1-24(2,3)35-22(33)29-15-19(21(27)28)16-32-23(34)31(17-30-32)25(4,5)14-18-10-7-6-8-12-20(26)13-9-11-18/h17-18,20H,6-16H2,1-5H3,(H,29,33). The van der Waals surface area contributed by atoms with E-state index in [1.54, 1.807) is 25.3 Å². The van der Waals surface area contributed by atoms with Gasteiger partial charge in [-0.3, -0.25) is 4.57 Å². The highest BCUT2D eigenvalue weighted by Gasteiger charge is 2.28. The first-order valence-electron chi connectivity index (χ1n) is 12.6. The zero-order chi connectivity index (χ0) is 26.2. The summed E-state index contributed by atoms with van der Waals surface area (Å²) in [7, 11) is 0. The van der Waals surface area contributed by atoms with Gasteiger partial charge in [0.05, 0.1) is 6.54 Å². The van der Waals surface area contributed by atoms with Crippen LogP contribution in [-0.2, 0) is 16.8 Å².